The molecule has 0 unspecified atom stereocenters. The molecular weight excluding hydrogens is 497 g/mol. The Hall–Kier alpha value is -2.28. The number of hydrogen-bond donors (Lipinski definition) is 2. The molecule has 0 bridgehead atoms. The second-order valence-electron chi connectivity index (χ2n) is 9.49. The van der Waals surface area contributed by atoms with Crippen molar-refractivity contribution in [1.82, 2.24) is 10.2 Å². The maximum atomic E-state index is 13.2. The van der Waals surface area contributed by atoms with Crippen LogP contribution in [-0.2, 0) is 41.9 Å². The van der Waals surface area contributed by atoms with Gasteiger partial charge in [-0.25, -0.2) is 9.36 Å². The molecule has 14 heteroatoms. The van der Waals surface area contributed by atoms with Crippen LogP contribution in [0.3, 0.4) is 0 Å². The third-order valence-corrected chi connectivity index (χ3v) is 7.00. The number of esters is 2. The van der Waals surface area contributed by atoms with Crippen LogP contribution in [0.2, 0.25) is 0 Å². The summed E-state index contributed by atoms with van der Waals surface area (Å²) in [6.07, 6.45) is -0.618. The Morgan fingerprint density at radius 3 is 2.44 bits per heavy atom. The molecule has 3 N–H and O–H groups in total. The van der Waals surface area contributed by atoms with E-state index in [1.807, 2.05) is 0 Å². The number of nitrogens with two attached hydrogens (primary N) is 1. The largest absolute Gasteiger partial charge is 0.475 e. The van der Waals surface area contributed by atoms with E-state index in [2.05, 4.69) is 11.9 Å². The first-order valence-corrected chi connectivity index (χ1v) is 13.1. The number of allylic oxidation sites excluding steroid dienone is 1. The first-order valence-electron chi connectivity index (χ1n) is 11.6. The number of ether oxygens (including phenoxy) is 3. The van der Waals surface area contributed by atoms with Crippen molar-refractivity contribution in [2.24, 2.45) is 11.7 Å². The second kappa shape index (κ2) is 11.0. The van der Waals surface area contributed by atoms with Crippen molar-refractivity contribution < 1.29 is 46.7 Å². The van der Waals surface area contributed by atoms with Crippen LogP contribution >= 0.6 is 7.82 Å². The van der Waals surface area contributed by atoms with Gasteiger partial charge in [-0.3, -0.25) is 28.1 Å². The third kappa shape index (κ3) is 6.34. The molecule has 3 aliphatic rings. The Balaban J connectivity index is 1.65. The van der Waals surface area contributed by atoms with Gasteiger partial charge in [0.1, 0.15) is 12.2 Å². The predicted molar refractivity (Wildman–Crippen MR) is 125 cm³/mol. The van der Waals surface area contributed by atoms with E-state index >= 15 is 0 Å². The van der Waals surface area contributed by atoms with E-state index in [0.717, 1.165) is 0 Å². The number of hydrogen-bond acceptors (Lipinski definition) is 11. The minimum atomic E-state index is -4.14. The molecule has 0 aliphatic carbocycles. The van der Waals surface area contributed by atoms with Crippen LogP contribution in [0.4, 0.5) is 4.79 Å². The van der Waals surface area contributed by atoms with Crippen LogP contribution in [0.1, 0.15) is 41.0 Å². The quantitative estimate of drug-likeness (QED) is 0.254. The van der Waals surface area contributed by atoms with Gasteiger partial charge in [0.05, 0.1) is 31.0 Å². The first-order chi connectivity index (χ1) is 16.7. The summed E-state index contributed by atoms with van der Waals surface area (Å²) in [6.45, 7) is 11.4. The van der Waals surface area contributed by atoms with E-state index in [0.29, 0.717) is 5.70 Å². The van der Waals surface area contributed by atoms with E-state index < -0.39 is 67.9 Å². The van der Waals surface area contributed by atoms with Gasteiger partial charge < -0.3 is 25.3 Å². The lowest BCUT2D eigenvalue weighted by Gasteiger charge is -2.38. The van der Waals surface area contributed by atoms with Crippen molar-refractivity contribution in [2.75, 3.05) is 13.2 Å². The van der Waals surface area contributed by atoms with Crippen LogP contribution in [-0.4, -0.2) is 72.3 Å². The van der Waals surface area contributed by atoms with Gasteiger partial charge in [-0.05, 0) is 47.1 Å². The molecule has 0 saturated carbocycles. The normalized spacial score (nSPS) is 32.1. The molecule has 0 radical (unpaired) electrons. The Morgan fingerprint density at radius 2 is 1.89 bits per heavy atom. The zero-order valence-electron chi connectivity index (χ0n) is 21.0. The number of amides is 2. The SMILES string of the molecule is C=C1C=CN([C@@H]2O[C@@H]3CO[P@@](=O)(OCCC(C(=O)OC(C)C)C(=O)OC(C)C)O[C@H]3[C@@]2(C)N)C(=O)N1. The highest BCUT2D eigenvalue weighted by molar-refractivity contribution is 7.48. The zero-order chi connectivity index (χ0) is 26.8. The summed E-state index contributed by atoms with van der Waals surface area (Å²) in [5.74, 6) is -2.84. The van der Waals surface area contributed by atoms with E-state index in [1.165, 1.54) is 11.1 Å². The fourth-order valence-electron chi connectivity index (χ4n) is 3.91. The lowest BCUT2D eigenvalue weighted by Crippen LogP contribution is -2.61. The molecule has 0 aromatic carbocycles. The molecule has 2 saturated heterocycles. The molecular formula is C22H34N3O10P. The first kappa shape index (κ1) is 28.3. The lowest BCUT2D eigenvalue weighted by molar-refractivity contribution is -0.167. The van der Waals surface area contributed by atoms with Gasteiger partial charge in [-0.2, -0.15) is 0 Å². The summed E-state index contributed by atoms with van der Waals surface area (Å²) >= 11 is 0. The highest BCUT2D eigenvalue weighted by Gasteiger charge is 2.60. The van der Waals surface area contributed by atoms with Gasteiger partial charge in [-0.1, -0.05) is 6.58 Å². The molecule has 13 nitrogen and oxygen atoms in total. The molecule has 3 heterocycles. The van der Waals surface area contributed by atoms with Gasteiger partial charge in [0.15, 0.2) is 12.1 Å². The number of urea groups is 1. The van der Waals surface area contributed by atoms with Gasteiger partial charge >= 0.3 is 25.8 Å². The van der Waals surface area contributed by atoms with Crippen LogP contribution in [0.5, 0.6) is 0 Å². The van der Waals surface area contributed by atoms with Crippen LogP contribution in [0.15, 0.2) is 24.6 Å². The lowest BCUT2D eigenvalue weighted by atomic mass is 9.93. The number of nitrogens with zero attached hydrogens (tertiary/aromatic N) is 1. The number of phosphoric acid groups is 1. The van der Waals surface area contributed by atoms with Crippen molar-refractivity contribution in [3.05, 3.63) is 24.6 Å². The molecule has 2 amide bonds. The summed E-state index contributed by atoms with van der Waals surface area (Å²) in [6, 6.07) is -0.490. The number of carbonyl (C=O) groups excluding carboxylic acids is 3. The van der Waals surface area contributed by atoms with Crippen molar-refractivity contribution in [3.8, 4) is 0 Å². The maximum absolute atomic E-state index is 13.2. The van der Waals surface area contributed by atoms with Crippen molar-refractivity contribution in [2.45, 2.75) is 77.2 Å². The Kier molecular flexibility index (Phi) is 8.64. The third-order valence-electron chi connectivity index (χ3n) is 5.55. The maximum Gasteiger partial charge on any atom is 0.475 e. The fourth-order valence-corrected chi connectivity index (χ4v) is 5.41. The highest BCUT2D eigenvalue weighted by atomic mass is 31.2. The van der Waals surface area contributed by atoms with Gasteiger partial charge in [-0.15, -0.1) is 0 Å². The Morgan fingerprint density at radius 1 is 1.28 bits per heavy atom. The minimum absolute atomic E-state index is 0.175. The second-order valence-corrected chi connectivity index (χ2v) is 11.1. The van der Waals surface area contributed by atoms with Crippen LogP contribution in [0.25, 0.3) is 0 Å². The predicted octanol–water partition coefficient (Wildman–Crippen LogP) is 1.93. The van der Waals surface area contributed by atoms with Crippen molar-refractivity contribution >= 4 is 25.8 Å². The van der Waals surface area contributed by atoms with Gasteiger partial charge in [0, 0.05) is 11.9 Å². The molecule has 3 aliphatic heterocycles. The minimum Gasteiger partial charge on any atom is -0.462 e. The average Bonchev–Trinajstić information content (AvgIpc) is 3.00. The number of fused-ring (bicyclic) bond motifs is 1. The Labute approximate surface area is 209 Å². The zero-order valence-corrected chi connectivity index (χ0v) is 21.9. The molecule has 36 heavy (non-hydrogen) atoms. The van der Waals surface area contributed by atoms with E-state index in [4.69, 9.17) is 33.5 Å². The molecule has 202 valence electrons. The molecule has 0 spiro atoms. The summed E-state index contributed by atoms with van der Waals surface area (Å²) in [7, 11) is -4.14. The van der Waals surface area contributed by atoms with E-state index in [1.54, 1.807) is 40.7 Å². The molecule has 5 atom stereocenters. The summed E-state index contributed by atoms with van der Waals surface area (Å²) < 4.78 is 45.8. The molecule has 2 fully saturated rings. The van der Waals surface area contributed by atoms with Crippen molar-refractivity contribution in [3.63, 3.8) is 0 Å². The monoisotopic (exact) mass is 531 g/mol. The van der Waals surface area contributed by atoms with Crippen molar-refractivity contribution in [1.29, 1.82) is 0 Å². The van der Waals surface area contributed by atoms with E-state index in [9.17, 15) is 18.9 Å². The molecule has 0 aromatic heterocycles. The molecule has 3 rings (SSSR count). The number of rotatable bonds is 9. The summed E-state index contributed by atoms with van der Waals surface area (Å²) in [4.78, 5) is 38.5. The summed E-state index contributed by atoms with van der Waals surface area (Å²) in [5, 5.41) is 2.56. The summed E-state index contributed by atoms with van der Waals surface area (Å²) in [5.41, 5.74) is 5.61. The van der Waals surface area contributed by atoms with Gasteiger partial charge in [0.25, 0.3) is 0 Å². The Bertz CT molecular complexity index is 944. The smallest absolute Gasteiger partial charge is 0.462 e. The number of phosphoric ester groups is 1. The topological polar surface area (TPSA) is 165 Å². The van der Waals surface area contributed by atoms with Crippen LogP contribution < -0.4 is 11.1 Å². The average molecular weight is 531 g/mol. The number of nitrogens with one attached hydrogen (secondary N) is 1. The van der Waals surface area contributed by atoms with Gasteiger partial charge in [0.2, 0.25) is 0 Å². The fraction of sp³-hybridized carbons (Fsp3) is 0.682. The standard InChI is InChI=1S/C22H34N3O10P/c1-12(2)32-18(26)15(19(27)33-13(3)4)8-10-30-36(29)31-11-16-17(35-36)22(6,23)20(34-16)25-9-7-14(5)24-21(25)28/h7,9,12-13,15-17,20H,5,8,10-11,23H2,1-4,6H3,(H,24,28)/t16-,17-,20-,22-,36-/m1/s1. The highest BCUT2D eigenvalue weighted by Crippen LogP contribution is 2.57. The number of carbonyl (C=O) groups is 3. The molecule has 0 aromatic rings. The van der Waals surface area contributed by atoms with E-state index in [-0.39, 0.29) is 19.6 Å². The van der Waals surface area contributed by atoms with Crippen LogP contribution in [0, 0.1) is 5.92 Å².